The van der Waals surface area contributed by atoms with Crippen molar-refractivity contribution in [2.45, 2.75) is 49.3 Å². The summed E-state index contributed by atoms with van der Waals surface area (Å²) in [6.07, 6.45) is 9.91. The second-order valence-corrected chi connectivity index (χ2v) is 7.22. The summed E-state index contributed by atoms with van der Waals surface area (Å²) < 4.78 is 0.481. The third kappa shape index (κ3) is 2.63. The molecule has 0 bridgehead atoms. The number of thioether (sulfide) groups is 1. The van der Waals surface area contributed by atoms with Gasteiger partial charge in [-0.05, 0) is 61.6 Å². The van der Waals surface area contributed by atoms with Gasteiger partial charge in [-0.15, -0.1) is 0 Å². The van der Waals surface area contributed by atoms with Gasteiger partial charge in [0.1, 0.15) is 5.75 Å². The van der Waals surface area contributed by atoms with E-state index in [0.717, 1.165) is 13.0 Å². The first-order valence-electron chi connectivity index (χ1n) is 7.33. The minimum absolute atomic E-state index is 0.399. The quantitative estimate of drug-likeness (QED) is 0.881. The number of phenolic OH excluding ortho intramolecular Hbond substituents is 1. The SMILES string of the molecule is CSC1(CNC2CCCc3ccc(O)cc32)CCC1. The van der Waals surface area contributed by atoms with Gasteiger partial charge in [-0.25, -0.2) is 0 Å². The van der Waals surface area contributed by atoms with Crippen molar-refractivity contribution in [2.75, 3.05) is 12.8 Å². The summed E-state index contributed by atoms with van der Waals surface area (Å²) in [4.78, 5) is 0. The van der Waals surface area contributed by atoms with Gasteiger partial charge in [0.05, 0.1) is 0 Å². The lowest BCUT2D eigenvalue weighted by molar-refractivity contribution is 0.321. The summed E-state index contributed by atoms with van der Waals surface area (Å²) >= 11 is 2.02. The van der Waals surface area contributed by atoms with Crippen LogP contribution in [0, 0.1) is 0 Å². The normalized spacial score (nSPS) is 24.6. The van der Waals surface area contributed by atoms with Crippen molar-refractivity contribution >= 4 is 11.8 Å². The molecule has 1 aromatic carbocycles. The molecule has 19 heavy (non-hydrogen) atoms. The first kappa shape index (κ1) is 13.3. The van der Waals surface area contributed by atoms with Crippen molar-refractivity contribution in [3.05, 3.63) is 29.3 Å². The van der Waals surface area contributed by atoms with Crippen molar-refractivity contribution in [1.82, 2.24) is 5.32 Å². The fourth-order valence-corrected chi connectivity index (χ4v) is 4.26. The van der Waals surface area contributed by atoms with Crippen molar-refractivity contribution in [3.8, 4) is 5.75 Å². The molecule has 2 aliphatic rings. The lowest BCUT2D eigenvalue weighted by Gasteiger charge is -2.42. The lowest BCUT2D eigenvalue weighted by Crippen LogP contribution is -2.44. The molecule has 0 radical (unpaired) electrons. The average molecular weight is 277 g/mol. The van der Waals surface area contributed by atoms with Gasteiger partial charge in [0.25, 0.3) is 0 Å². The van der Waals surface area contributed by atoms with Gasteiger partial charge in [-0.1, -0.05) is 12.5 Å². The van der Waals surface area contributed by atoms with E-state index in [2.05, 4.69) is 17.6 Å². The maximum atomic E-state index is 9.71. The van der Waals surface area contributed by atoms with E-state index in [4.69, 9.17) is 0 Å². The molecule has 0 saturated heterocycles. The summed E-state index contributed by atoms with van der Waals surface area (Å²) in [7, 11) is 0. The zero-order chi connectivity index (χ0) is 13.3. The molecule has 2 nitrogen and oxygen atoms in total. The van der Waals surface area contributed by atoms with Crippen LogP contribution >= 0.6 is 11.8 Å². The Balaban J connectivity index is 1.71. The summed E-state index contributed by atoms with van der Waals surface area (Å²) in [5, 5.41) is 13.5. The second-order valence-electron chi connectivity index (χ2n) is 5.95. The fourth-order valence-electron chi connectivity index (χ4n) is 3.33. The molecule has 0 amide bonds. The molecule has 1 fully saturated rings. The Morgan fingerprint density at radius 1 is 1.37 bits per heavy atom. The minimum atomic E-state index is 0.399. The Labute approximate surface area is 120 Å². The van der Waals surface area contributed by atoms with Crippen molar-refractivity contribution in [1.29, 1.82) is 0 Å². The van der Waals surface area contributed by atoms with Gasteiger partial charge in [-0.2, -0.15) is 11.8 Å². The number of benzene rings is 1. The van der Waals surface area contributed by atoms with Crippen LogP contribution in [0.2, 0.25) is 0 Å². The van der Waals surface area contributed by atoms with Crippen molar-refractivity contribution in [2.24, 2.45) is 0 Å². The molecule has 3 heteroatoms. The first-order valence-corrected chi connectivity index (χ1v) is 8.55. The predicted octanol–water partition coefficient (Wildman–Crippen LogP) is 3.64. The van der Waals surface area contributed by atoms with Gasteiger partial charge in [0.15, 0.2) is 0 Å². The van der Waals surface area contributed by atoms with Crippen molar-refractivity contribution < 1.29 is 5.11 Å². The highest BCUT2D eigenvalue weighted by atomic mass is 32.2. The molecule has 0 spiro atoms. The Bertz CT molecular complexity index is 451. The number of nitrogens with one attached hydrogen (secondary N) is 1. The van der Waals surface area contributed by atoms with Gasteiger partial charge >= 0.3 is 0 Å². The van der Waals surface area contributed by atoms with E-state index in [1.807, 2.05) is 23.9 Å². The standard InChI is InChI=1S/C16H23NOS/c1-19-16(8-3-9-16)11-17-15-5-2-4-12-6-7-13(18)10-14(12)15/h6-7,10,15,17-18H,2-5,8-9,11H2,1H3. The number of rotatable bonds is 4. The number of aryl methyl sites for hydroxylation is 1. The molecule has 2 N–H and O–H groups in total. The third-order valence-corrected chi connectivity index (χ3v) is 6.23. The second kappa shape index (κ2) is 5.37. The monoisotopic (exact) mass is 277 g/mol. The van der Waals surface area contributed by atoms with Crippen LogP contribution < -0.4 is 5.32 Å². The van der Waals surface area contributed by atoms with Crippen LogP contribution in [0.1, 0.15) is 49.3 Å². The average Bonchev–Trinajstić information content (AvgIpc) is 2.38. The van der Waals surface area contributed by atoms with Crippen LogP contribution in [-0.4, -0.2) is 22.7 Å². The topological polar surface area (TPSA) is 32.3 Å². The highest BCUT2D eigenvalue weighted by molar-refractivity contribution is 8.00. The maximum Gasteiger partial charge on any atom is 0.115 e. The van der Waals surface area contributed by atoms with E-state index < -0.39 is 0 Å². The van der Waals surface area contributed by atoms with E-state index in [1.165, 1.54) is 43.2 Å². The summed E-state index contributed by atoms with van der Waals surface area (Å²) in [6, 6.07) is 6.29. The molecule has 0 aromatic heterocycles. The van der Waals surface area contributed by atoms with E-state index in [9.17, 15) is 5.11 Å². The molecule has 1 unspecified atom stereocenters. The minimum Gasteiger partial charge on any atom is -0.508 e. The van der Waals surface area contributed by atoms with Gasteiger partial charge in [-0.3, -0.25) is 0 Å². The van der Waals surface area contributed by atoms with E-state index >= 15 is 0 Å². The number of aromatic hydroxyl groups is 1. The highest BCUT2D eigenvalue weighted by Crippen LogP contribution is 2.43. The van der Waals surface area contributed by atoms with Gasteiger partial charge in [0, 0.05) is 17.3 Å². The highest BCUT2D eigenvalue weighted by Gasteiger charge is 2.36. The van der Waals surface area contributed by atoms with Gasteiger partial charge < -0.3 is 10.4 Å². The van der Waals surface area contributed by atoms with Crippen molar-refractivity contribution in [3.63, 3.8) is 0 Å². The number of hydrogen-bond donors (Lipinski definition) is 2. The molecular weight excluding hydrogens is 254 g/mol. The molecule has 3 rings (SSSR count). The summed E-state index contributed by atoms with van der Waals surface area (Å²) in [5.41, 5.74) is 2.73. The molecule has 1 saturated carbocycles. The third-order valence-electron chi connectivity index (χ3n) is 4.81. The number of hydrogen-bond acceptors (Lipinski definition) is 3. The van der Waals surface area contributed by atoms with Crippen LogP contribution in [0.3, 0.4) is 0 Å². The van der Waals surface area contributed by atoms with E-state index in [0.29, 0.717) is 16.5 Å². The van der Waals surface area contributed by atoms with Crippen LogP contribution in [0.15, 0.2) is 18.2 Å². The predicted molar refractivity (Wildman–Crippen MR) is 81.9 cm³/mol. The zero-order valence-corrected chi connectivity index (χ0v) is 12.4. The lowest BCUT2D eigenvalue weighted by atomic mass is 9.82. The molecule has 2 aliphatic carbocycles. The fraction of sp³-hybridized carbons (Fsp3) is 0.625. The van der Waals surface area contributed by atoms with E-state index in [1.54, 1.807) is 0 Å². The first-order chi connectivity index (χ1) is 9.22. The van der Waals surface area contributed by atoms with Gasteiger partial charge in [0.2, 0.25) is 0 Å². The Morgan fingerprint density at radius 2 is 2.21 bits per heavy atom. The van der Waals surface area contributed by atoms with E-state index in [-0.39, 0.29) is 0 Å². The smallest absolute Gasteiger partial charge is 0.115 e. The number of phenols is 1. The Morgan fingerprint density at radius 3 is 2.89 bits per heavy atom. The molecule has 0 heterocycles. The van der Waals surface area contributed by atoms with Crippen LogP contribution in [-0.2, 0) is 6.42 Å². The molecule has 1 aromatic rings. The maximum absolute atomic E-state index is 9.71. The summed E-state index contributed by atoms with van der Waals surface area (Å²) in [5.74, 6) is 0.399. The molecule has 104 valence electrons. The Hall–Kier alpha value is -0.670. The zero-order valence-electron chi connectivity index (χ0n) is 11.6. The largest absolute Gasteiger partial charge is 0.508 e. The number of fused-ring (bicyclic) bond motifs is 1. The van der Waals surface area contributed by atoms with Crippen LogP contribution in [0.4, 0.5) is 0 Å². The molecular formula is C16H23NOS. The van der Waals surface area contributed by atoms with Crippen LogP contribution in [0.5, 0.6) is 5.75 Å². The molecule has 0 aliphatic heterocycles. The van der Waals surface area contributed by atoms with Crippen LogP contribution in [0.25, 0.3) is 0 Å². The summed E-state index contributed by atoms with van der Waals surface area (Å²) in [6.45, 7) is 1.11. The molecule has 1 atom stereocenters. The Kier molecular flexibility index (Phi) is 3.77.